The van der Waals surface area contributed by atoms with Crippen molar-refractivity contribution in [2.24, 2.45) is 0 Å². The fraction of sp³-hybridized carbons (Fsp3) is 0.316. The second-order valence-electron chi connectivity index (χ2n) is 6.04. The molecule has 1 aromatic carbocycles. The van der Waals surface area contributed by atoms with Gasteiger partial charge in [0.1, 0.15) is 6.61 Å². The predicted molar refractivity (Wildman–Crippen MR) is 101 cm³/mol. The van der Waals surface area contributed by atoms with Crippen LogP contribution in [-0.2, 0) is 6.61 Å². The SMILES string of the molecule is CCC[C@H](C)Nc1nc(N)ncc1OCc1nccc2ccccc12. The lowest BCUT2D eigenvalue weighted by Crippen LogP contribution is -2.17. The van der Waals surface area contributed by atoms with Crippen molar-refractivity contribution in [3.05, 3.63) is 48.4 Å². The predicted octanol–water partition coefficient (Wildman–Crippen LogP) is 3.79. The molecule has 0 bridgehead atoms. The summed E-state index contributed by atoms with van der Waals surface area (Å²) in [5, 5.41) is 5.57. The average Bonchev–Trinajstić information content (AvgIpc) is 2.61. The van der Waals surface area contributed by atoms with Crippen LogP contribution in [0.1, 0.15) is 32.4 Å². The zero-order chi connectivity index (χ0) is 17.6. The van der Waals surface area contributed by atoms with E-state index >= 15 is 0 Å². The summed E-state index contributed by atoms with van der Waals surface area (Å²) in [6.07, 6.45) is 5.52. The first-order chi connectivity index (χ1) is 12.2. The van der Waals surface area contributed by atoms with E-state index in [2.05, 4.69) is 40.2 Å². The highest BCUT2D eigenvalue weighted by Gasteiger charge is 2.12. The Hall–Kier alpha value is -2.89. The summed E-state index contributed by atoms with van der Waals surface area (Å²) in [4.78, 5) is 12.8. The smallest absolute Gasteiger partial charge is 0.222 e. The molecule has 0 aliphatic carbocycles. The summed E-state index contributed by atoms with van der Waals surface area (Å²) in [7, 11) is 0. The molecule has 0 unspecified atom stereocenters. The average molecular weight is 337 g/mol. The lowest BCUT2D eigenvalue weighted by atomic mass is 10.1. The van der Waals surface area contributed by atoms with E-state index in [-0.39, 0.29) is 12.0 Å². The van der Waals surface area contributed by atoms with E-state index in [4.69, 9.17) is 10.5 Å². The molecular formula is C19H23N5O. The molecule has 3 rings (SSSR count). The van der Waals surface area contributed by atoms with E-state index in [9.17, 15) is 0 Å². The molecule has 0 saturated heterocycles. The van der Waals surface area contributed by atoms with E-state index in [1.54, 1.807) is 12.4 Å². The fourth-order valence-electron chi connectivity index (χ4n) is 2.78. The second kappa shape index (κ2) is 7.79. The molecule has 3 aromatic rings. The van der Waals surface area contributed by atoms with Gasteiger partial charge in [0.15, 0.2) is 11.6 Å². The number of hydrogen-bond acceptors (Lipinski definition) is 6. The summed E-state index contributed by atoms with van der Waals surface area (Å²) in [6.45, 7) is 4.60. The molecule has 0 radical (unpaired) electrons. The third-order valence-corrected chi connectivity index (χ3v) is 4.00. The minimum absolute atomic E-state index is 0.224. The number of ether oxygens (including phenoxy) is 1. The van der Waals surface area contributed by atoms with Crippen molar-refractivity contribution in [2.75, 3.05) is 11.1 Å². The summed E-state index contributed by atoms with van der Waals surface area (Å²) < 4.78 is 5.96. The van der Waals surface area contributed by atoms with Gasteiger partial charge in [0.05, 0.1) is 11.9 Å². The number of nitrogens with one attached hydrogen (secondary N) is 1. The van der Waals surface area contributed by atoms with E-state index < -0.39 is 0 Å². The monoisotopic (exact) mass is 337 g/mol. The van der Waals surface area contributed by atoms with Crippen LogP contribution in [0, 0.1) is 0 Å². The van der Waals surface area contributed by atoms with Crippen molar-refractivity contribution in [3.63, 3.8) is 0 Å². The molecule has 1 atom stereocenters. The van der Waals surface area contributed by atoms with Crippen LogP contribution in [0.25, 0.3) is 10.8 Å². The Morgan fingerprint density at radius 2 is 2.04 bits per heavy atom. The molecule has 25 heavy (non-hydrogen) atoms. The summed E-state index contributed by atoms with van der Waals surface area (Å²) in [6, 6.07) is 10.4. The molecule has 2 aromatic heterocycles. The van der Waals surface area contributed by atoms with Crippen molar-refractivity contribution >= 4 is 22.5 Å². The topological polar surface area (TPSA) is 86.0 Å². The maximum absolute atomic E-state index is 5.96. The first kappa shape index (κ1) is 17.0. The van der Waals surface area contributed by atoms with Gasteiger partial charge in [-0.2, -0.15) is 4.98 Å². The van der Waals surface area contributed by atoms with Crippen LogP contribution < -0.4 is 15.8 Å². The second-order valence-corrected chi connectivity index (χ2v) is 6.04. The van der Waals surface area contributed by atoms with Crippen molar-refractivity contribution < 1.29 is 4.74 Å². The van der Waals surface area contributed by atoms with Gasteiger partial charge >= 0.3 is 0 Å². The van der Waals surface area contributed by atoms with E-state index in [1.807, 2.05) is 24.3 Å². The number of pyridine rings is 1. The zero-order valence-electron chi connectivity index (χ0n) is 14.6. The summed E-state index contributed by atoms with van der Waals surface area (Å²) in [5.41, 5.74) is 6.61. The van der Waals surface area contributed by atoms with Gasteiger partial charge in [-0.05, 0) is 24.8 Å². The summed E-state index contributed by atoms with van der Waals surface area (Å²) >= 11 is 0. The van der Waals surface area contributed by atoms with Gasteiger partial charge in [-0.3, -0.25) is 4.98 Å². The maximum atomic E-state index is 5.96. The van der Waals surface area contributed by atoms with Gasteiger partial charge in [0.25, 0.3) is 0 Å². The standard InChI is InChI=1S/C19H23N5O/c1-3-6-13(2)23-18-17(11-22-19(20)24-18)25-12-16-15-8-5-4-7-14(15)9-10-21-16/h4-5,7-11,13H,3,6,12H2,1-2H3,(H3,20,22,23,24)/t13-/m0/s1. The molecule has 0 spiro atoms. The number of hydrogen-bond donors (Lipinski definition) is 2. The minimum Gasteiger partial charge on any atom is -0.482 e. The third-order valence-electron chi connectivity index (χ3n) is 4.00. The van der Waals surface area contributed by atoms with Crippen LogP contribution in [0.3, 0.4) is 0 Å². The van der Waals surface area contributed by atoms with Crippen LogP contribution in [0.15, 0.2) is 42.7 Å². The van der Waals surface area contributed by atoms with Gasteiger partial charge in [-0.1, -0.05) is 37.6 Å². The first-order valence-electron chi connectivity index (χ1n) is 8.52. The number of fused-ring (bicyclic) bond motifs is 1. The molecule has 2 heterocycles. The van der Waals surface area contributed by atoms with Crippen molar-refractivity contribution in [1.29, 1.82) is 0 Å². The van der Waals surface area contributed by atoms with Gasteiger partial charge < -0.3 is 15.8 Å². The number of nitrogen functional groups attached to an aromatic ring is 1. The van der Waals surface area contributed by atoms with Gasteiger partial charge in [0.2, 0.25) is 5.95 Å². The number of rotatable bonds is 7. The van der Waals surface area contributed by atoms with Crippen LogP contribution in [-0.4, -0.2) is 21.0 Å². The molecule has 0 aliphatic rings. The van der Waals surface area contributed by atoms with Crippen LogP contribution in [0.2, 0.25) is 0 Å². The van der Waals surface area contributed by atoms with Crippen molar-refractivity contribution in [2.45, 2.75) is 39.3 Å². The molecule has 0 saturated carbocycles. The Balaban J connectivity index is 1.80. The lowest BCUT2D eigenvalue weighted by Gasteiger charge is -2.17. The van der Waals surface area contributed by atoms with Gasteiger partial charge in [-0.25, -0.2) is 4.98 Å². The minimum atomic E-state index is 0.224. The van der Waals surface area contributed by atoms with Gasteiger partial charge in [0, 0.05) is 17.6 Å². The Bertz CT molecular complexity index is 847. The Morgan fingerprint density at radius 1 is 1.20 bits per heavy atom. The quantitative estimate of drug-likeness (QED) is 0.682. The maximum Gasteiger partial charge on any atom is 0.222 e. The molecule has 0 fully saturated rings. The Kier molecular flexibility index (Phi) is 5.28. The highest BCUT2D eigenvalue weighted by atomic mass is 16.5. The molecule has 6 nitrogen and oxygen atoms in total. The molecule has 130 valence electrons. The Morgan fingerprint density at radius 3 is 2.88 bits per heavy atom. The molecule has 3 N–H and O–H groups in total. The number of nitrogens with zero attached hydrogens (tertiary/aromatic N) is 3. The zero-order valence-corrected chi connectivity index (χ0v) is 14.6. The fourth-order valence-corrected chi connectivity index (χ4v) is 2.78. The highest BCUT2D eigenvalue weighted by Crippen LogP contribution is 2.25. The highest BCUT2D eigenvalue weighted by molar-refractivity contribution is 5.84. The molecule has 0 amide bonds. The lowest BCUT2D eigenvalue weighted by molar-refractivity contribution is 0.302. The molecular weight excluding hydrogens is 314 g/mol. The van der Waals surface area contributed by atoms with E-state index in [0.717, 1.165) is 29.3 Å². The van der Waals surface area contributed by atoms with Crippen LogP contribution in [0.5, 0.6) is 5.75 Å². The molecule has 6 heteroatoms. The van der Waals surface area contributed by atoms with E-state index in [0.29, 0.717) is 18.2 Å². The van der Waals surface area contributed by atoms with E-state index in [1.165, 1.54) is 0 Å². The van der Waals surface area contributed by atoms with Crippen molar-refractivity contribution in [3.8, 4) is 5.75 Å². The number of benzene rings is 1. The number of anilines is 2. The summed E-state index contributed by atoms with van der Waals surface area (Å²) in [5.74, 6) is 1.42. The number of aromatic nitrogens is 3. The normalized spacial score (nSPS) is 12.1. The van der Waals surface area contributed by atoms with Crippen molar-refractivity contribution in [1.82, 2.24) is 15.0 Å². The van der Waals surface area contributed by atoms with Crippen LogP contribution >= 0.6 is 0 Å². The number of nitrogens with two attached hydrogens (primary N) is 1. The first-order valence-corrected chi connectivity index (χ1v) is 8.52. The third kappa shape index (κ3) is 4.15. The van der Waals surface area contributed by atoms with Crippen LogP contribution in [0.4, 0.5) is 11.8 Å². The van der Waals surface area contributed by atoms with Gasteiger partial charge in [-0.15, -0.1) is 0 Å². The largest absolute Gasteiger partial charge is 0.482 e. The molecule has 0 aliphatic heterocycles. The Labute approximate surface area is 147 Å².